The van der Waals surface area contributed by atoms with Gasteiger partial charge in [0, 0.05) is 17.0 Å². The van der Waals surface area contributed by atoms with Gasteiger partial charge in [-0.05, 0) is 73.1 Å². The summed E-state index contributed by atoms with van der Waals surface area (Å²) in [5.41, 5.74) is 7.92. The molecule has 0 saturated carbocycles. The summed E-state index contributed by atoms with van der Waals surface area (Å²) in [6.07, 6.45) is 1.88. The standard InChI is InChI=1S/C30H26N4O2S/c1-21-18-25(22(2)34(21)32-28(35)24-14-8-4-9-15-24)19-27-29(36)33(20-23-12-6-3-7-13-23)30(37-27)31-26-16-10-5-11-17-26/h3-19H,20H2,1-2H3,(H,32,35)/b27-19-,31-30?. The fourth-order valence-corrected chi connectivity index (χ4v) is 5.10. The van der Waals surface area contributed by atoms with Crippen molar-refractivity contribution in [2.75, 3.05) is 5.43 Å². The number of hydrogen-bond donors (Lipinski definition) is 1. The smallest absolute Gasteiger partial charge is 0.270 e. The van der Waals surface area contributed by atoms with E-state index < -0.39 is 0 Å². The maximum atomic E-state index is 13.6. The number of hydrogen-bond acceptors (Lipinski definition) is 4. The van der Waals surface area contributed by atoms with Crippen molar-refractivity contribution >= 4 is 40.5 Å². The van der Waals surface area contributed by atoms with Crippen molar-refractivity contribution in [2.45, 2.75) is 20.4 Å². The van der Waals surface area contributed by atoms with Crippen LogP contribution in [0.1, 0.15) is 32.9 Å². The van der Waals surface area contributed by atoms with Crippen molar-refractivity contribution in [3.8, 4) is 0 Å². The summed E-state index contributed by atoms with van der Waals surface area (Å²) in [6.45, 7) is 4.28. The van der Waals surface area contributed by atoms with Crippen molar-refractivity contribution in [3.63, 3.8) is 0 Å². The quantitative estimate of drug-likeness (QED) is 0.313. The largest absolute Gasteiger partial charge is 0.282 e. The second kappa shape index (κ2) is 10.7. The van der Waals surface area contributed by atoms with E-state index in [9.17, 15) is 9.59 Å². The van der Waals surface area contributed by atoms with E-state index in [0.717, 1.165) is 28.2 Å². The van der Waals surface area contributed by atoms with Gasteiger partial charge in [-0.15, -0.1) is 0 Å². The topological polar surface area (TPSA) is 66.7 Å². The predicted octanol–water partition coefficient (Wildman–Crippen LogP) is 6.29. The van der Waals surface area contributed by atoms with Crippen molar-refractivity contribution in [2.24, 2.45) is 4.99 Å². The van der Waals surface area contributed by atoms with Crippen molar-refractivity contribution in [3.05, 3.63) is 130 Å². The Balaban J connectivity index is 1.45. The molecule has 0 radical (unpaired) electrons. The molecule has 1 aliphatic rings. The van der Waals surface area contributed by atoms with E-state index >= 15 is 0 Å². The Labute approximate surface area is 220 Å². The van der Waals surface area contributed by atoms with Gasteiger partial charge in [-0.3, -0.25) is 24.6 Å². The lowest BCUT2D eigenvalue weighted by Crippen LogP contribution is -2.28. The lowest BCUT2D eigenvalue weighted by atomic mass is 10.2. The Kier molecular flexibility index (Phi) is 7.05. The molecule has 1 N–H and O–H groups in total. The summed E-state index contributed by atoms with van der Waals surface area (Å²) in [7, 11) is 0. The molecule has 0 aliphatic carbocycles. The molecule has 0 spiro atoms. The van der Waals surface area contributed by atoms with Gasteiger partial charge in [-0.25, -0.2) is 4.99 Å². The molecule has 0 unspecified atom stereocenters. The molecule has 0 bridgehead atoms. The maximum Gasteiger partial charge on any atom is 0.270 e. The summed E-state index contributed by atoms with van der Waals surface area (Å²) in [5.74, 6) is -0.291. The monoisotopic (exact) mass is 506 g/mol. The third-order valence-electron chi connectivity index (χ3n) is 6.06. The summed E-state index contributed by atoms with van der Waals surface area (Å²) < 4.78 is 1.76. The van der Waals surface area contributed by atoms with Gasteiger partial charge < -0.3 is 0 Å². The molecule has 4 aromatic rings. The lowest BCUT2D eigenvalue weighted by Gasteiger charge is -2.15. The number of carbonyl (C=O) groups is 2. The SMILES string of the molecule is Cc1cc(/C=C2\SC(=Nc3ccccc3)N(Cc3ccccc3)C2=O)c(C)n1NC(=O)c1ccccc1. The first-order valence-electron chi connectivity index (χ1n) is 11.9. The highest BCUT2D eigenvalue weighted by Crippen LogP contribution is 2.36. The van der Waals surface area contributed by atoms with E-state index in [0.29, 0.717) is 22.2 Å². The molecular formula is C30H26N4O2S. The van der Waals surface area contributed by atoms with E-state index in [-0.39, 0.29) is 11.8 Å². The highest BCUT2D eigenvalue weighted by Gasteiger charge is 2.33. The van der Waals surface area contributed by atoms with Crippen molar-refractivity contribution in [1.29, 1.82) is 0 Å². The highest BCUT2D eigenvalue weighted by molar-refractivity contribution is 8.18. The van der Waals surface area contributed by atoms with E-state index in [1.54, 1.807) is 21.7 Å². The van der Waals surface area contributed by atoms with E-state index in [2.05, 4.69) is 5.43 Å². The van der Waals surface area contributed by atoms with Crippen LogP contribution in [0.25, 0.3) is 6.08 Å². The number of thioether (sulfide) groups is 1. The first kappa shape index (κ1) is 24.3. The Morgan fingerprint density at radius 2 is 1.54 bits per heavy atom. The van der Waals surface area contributed by atoms with Gasteiger partial charge in [0.1, 0.15) is 0 Å². The number of amidine groups is 1. The Morgan fingerprint density at radius 1 is 0.919 bits per heavy atom. The van der Waals surface area contributed by atoms with Gasteiger partial charge >= 0.3 is 0 Å². The number of benzene rings is 3. The minimum Gasteiger partial charge on any atom is -0.282 e. The number of carbonyl (C=O) groups excluding carboxylic acids is 2. The third kappa shape index (κ3) is 5.42. The molecule has 1 fully saturated rings. The minimum atomic E-state index is -0.195. The van der Waals surface area contributed by atoms with Crippen LogP contribution in [-0.2, 0) is 11.3 Å². The number of nitrogens with one attached hydrogen (secondary N) is 1. The van der Waals surface area contributed by atoms with Crippen LogP contribution < -0.4 is 5.43 Å². The molecule has 0 atom stereocenters. The van der Waals surface area contributed by atoms with E-state index in [1.807, 2.05) is 105 Å². The second-order valence-electron chi connectivity index (χ2n) is 8.69. The number of para-hydroxylation sites is 1. The molecule has 2 heterocycles. The van der Waals surface area contributed by atoms with Crippen LogP contribution in [0, 0.1) is 13.8 Å². The van der Waals surface area contributed by atoms with Gasteiger partial charge in [-0.1, -0.05) is 66.7 Å². The van der Waals surface area contributed by atoms with Crippen LogP contribution in [-0.4, -0.2) is 26.6 Å². The maximum absolute atomic E-state index is 13.6. The molecule has 5 rings (SSSR count). The molecule has 2 amide bonds. The van der Waals surface area contributed by atoms with Gasteiger partial charge in [-0.2, -0.15) is 0 Å². The third-order valence-corrected chi connectivity index (χ3v) is 7.07. The summed E-state index contributed by atoms with van der Waals surface area (Å²) in [6, 6.07) is 30.6. The van der Waals surface area contributed by atoms with Gasteiger partial charge in [0.2, 0.25) is 0 Å². The van der Waals surface area contributed by atoms with E-state index in [4.69, 9.17) is 4.99 Å². The molecule has 1 aromatic heterocycles. The molecule has 1 saturated heterocycles. The van der Waals surface area contributed by atoms with Gasteiger partial charge in [0.25, 0.3) is 11.8 Å². The van der Waals surface area contributed by atoms with Crippen LogP contribution in [0.5, 0.6) is 0 Å². The zero-order valence-corrected chi connectivity index (χ0v) is 21.4. The zero-order chi connectivity index (χ0) is 25.8. The fraction of sp³-hybridized carbons (Fsp3) is 0.100. The zero-order valence-electron chi connectivity index (χ0n) is 20.6. The fourth-order valence-electron chi connectivity index (χ4n) is 4.11. The number of aryl methyl sites for hydroxylation is 1. The summed E-state index contributed by atoms with van der Waals surface area (Å²) in [4.78, 5) is 33.4. The number of amides is 2. The number of aromatic nitrogens is 1. The first-order valence-corrected chi connectivity index (χ1v) is 12.8. The Morgan fingerprint density at radius 3 is 2.22 bits per heavy atom. The van der Waals surface area contributed by atoms with E-state index in [1.165, 1.54) is 11.8 Å². The average molecular weight is 507 g/mol. The average Bonchev–Trinajstić information content (AvgIpc) is 3.35. The van der Waals surface area contributed by atoms with Crippen molar-refractivity contribution in [1.82, 2.24) is 9.58 Å². The van der Waals surface area contributed by atoms with Crippen LogP contribution in [0.3, 0.4) is 0 Å². The van der Waals surface area contributed by atoms with Gasteiger partial charge in [0.15, 0.2) is 5.17 Å². The molecule has 37 heavy (non-hydrogen) atoms. The minimum absolute atomic E-state index is 0.0957. The van der Waals surface area contributed by atoms with Crippen LogP contribution in [0.4, 0.5) is 5.69 Å². The summed E-state index contributed by atoms with van der Waals surface area (Å²) in [5, 5.41) is 0.637. The van der Waals surface area contributed by atoms with Crippen molar-refractivity contribution < 1.29 is 9.59 Å². The first-order chi connectivity index (χ1) is 18.0. The lowest BCUT2D eigenvalue weighted by molar-refractivity contribution is -0.122. The van der Waals surface area contributed by atoms with Crippen LogP contribution in [0.15, 0.2) is 107 Å². The van der Waals surface area contributed by atoms with Crippen LogP contribution >= 0.6 is 11.8 Å². The molecule has 6 nitrogen and oxygen atoms in total. The normalized spacial score (nSPS) is 15.5. The number of aliphatic imine (C=N–C) groups is 1. The molecule has 3 aromatic carbocycles. The predicted molar refractivity (Wildman–Crippen MR) is 150 cm³/mol. The molecule has 184 valence electrons. The second-order valence-corrected chi connectivity index (χ2v) is 9.70. The van der Waals surface area contributed by atoms with Gasteiger partial charge in [0.05, 0.1) is 17.1 Å². The molecule has 7 heteroatoms. The number of rotatable bonds is 6. The number of nitrogens with zero attached hydrogens (tertiary/aromatic N) is 3. The Hall–Kier alpha value is -4.36. The molecule has 1 aliphatic heterocycles. The Bertz CT molecular complexity index is 1490. The van der Waals surface area contributed by atoms with Crippen LogP contribution in [0.2, 0.25) is 0 Å². The highest BCUT2D eigenvalue weighted by atomic mass is 32.2. The summed E-state index contributed by atoms with van der Waals surface area (Å²) >= 11 is 1.36. The molecular weight excluding hydrogens is 480 g/mol.